The van der Waals surface area contributed by atoms with Gasteiger partial charge >= 0.3 is 0 Å². The van der Waals surface area contributed by atoms with Crippen molar-refractivity contribution in [3.8, 4) is 0 Å². The van der Waals surface area contributed by atoms with Gasteiger partial charge in [-0.3, -0.25) is 4.79 Å². The van der Waals surface area contributed by atoms with Crippen molar-refractivity contribution in [3.63, 3.8) is 0 Å². The molecule has 1 unspecified atom stereocenters. The molecule has 9 heavy (non-hydrogen) atoms. The number of thioether (sulfide) groups is 1. The second-order valence-electron chi connectivity index (χ2n) is 1.96. The third kappa shape index (κ3) is 1.87. The van der Waals surface area contributed by atoms with Crippen LogP contribution in [0.5, 0.6) is 0 Å². The van der Waals surface area contributed by atoms with Crippen LogP contribution < -0.4 is 5.32 Å². The standard InChI is InChI=1S/C5H9NO2S/c7-1-4-2-9-3-5(8)6-4/h4,7H,1-3H2,(H,6,8). The number of aliphatic hydroxyl groups is 1. The van der Waals surface area contributed by atoms with Gasteiger partial charge in [0.1, 0.15) is 0 Å². The summed E-state index contributed by atoms with van der Waals surface area (Å²) >= 11 is 1.56. The van der Waals surface area contributed by atoms with Gasteiger partial charge in [0.25, 0.3) is 0 Å². The lowest BCUT2D eigenvalue weighted by Crippen LogP contribution is -2.44. The normalized spacial score (nSPS) is 27.7. The van der Waals surface area contributed by atoms with E-state index in [9.17, 15) is 4.79 Å². The summed E-state index contributed by atoms with van der Waals surface area (Å²) in [6.45, 7) is 0.0543. The largest absolute Gasteiger partial charge is 0.394 e. The molecule has 1 aliphatic rings. The predicted molar refractivity (Wildman–Crippen MR) is 36.3 cm³/mol. The molecule has 0 aliphatic carbocycles. The van der Waals surface area contributed by atoms with E-state index >= 15 is 0 Å². The van der Waals surface area contributed by atoms with Gasteiger partial charge in [-0.1, -0.05) is 0 Å². The zero-order chi connectivity index (χ0) is 6.69. The third-order valence-corrected chi connectivity index (χ3v) is 2.24. The van der Waals surface area contributed by atoms with Crippen LogP contribution in [-0.4, -0.2) is 35.2 Å². The summed E-state index contributed by atoms with van der Waals surface area (Å²) < 4.78 is 0. The molecule has 52 valence electrons. The Hall–Kier alpha value is -0.220. The average molecular weight is 147 g/mol. The van der Waals surface area contributed by atoms with Crippen LogP contribution in [0.2, 0.25) is 0 Å². The van der Waals surface area contributed by atoms with Crippen LogP contribution in [0.1, 0.15) is 0 Å². The molecule has 2 N–H and O–H groups in total. The summed E-state index contributed by atoms with van der Waals surface area (Å²) in [4.78, 5) is 10.6. The molecule has 0 aromatic carbocycles. The Morgan fingerprint density at radius 3 is 3.11 bits per heavy atom. The fourth-order valence-electron chi connectivity index (χ4n) is 0.703. The summed E-state index contributed by atoms with van der Waals surface area (Å²) in [6.07, 6.45) is 0. The maximum Gasteiger partial charge on any atom is 0.230 e. The molecular weight excluding hydrogens is 138 g/mol. The maximum absolute atomic E-state index is 10.6. The van der Waals surface area contributed by atoms with E-state index in [-0.39, 0.29) is 18.6 Å². The van der Waals surface area contributed by atoms with Gasteiger partial charge in [-0.05, 0) is 0 Å². The fraction of sp³-hybridized carbons (Fsp3) is 0.800. The third-order valence-electron chi connectivity index (χ3n) is 1.14. The summed E-state index contributed by atoms with van der Waals surface area (Å²) in [5.41, 5.74) is 0. The summed E-state index contributed by atoms with van der Waals surface area (Å²) in [6, 6.07) is -0.0174. The smallest absolute Gasteiger partial charge is 0.230 e. The first kappa shape index (κ1) is 6.89. The Morgan fingerprint density at radius 1 is 1.89 bits per heavy atom. The first-order valence-electron chi connectivity index (χ1n) is 2.81. The van der Waals surface area contributed by atoms with Crippen molar-refractivity contribution >= 4 is 17.7 Å². The Kier molecular flexibility index (Phi) is 2.36. The van der Waals surface area contributed by atoms with E-state index in [1.807, 2.05) is 0 Å². The van der Waals surface area contributed by atoms with Crippen LogP contribution >= 0.6 is 11.8 Å². The molecule has 1 amide bonds. The van der Waals surface area contributed by atoms with Crippen LogP contribution in [-0.2, 0) is 4.79 Å². The monoisotopic (exact) mass is 147 g/mol. The highest BCUT2D eigenvalue weighted by Crippen LogP contribution is 2.07. The number of hydrogen-bond acceptors (Lipinski definition) is 3. The molecule has 4 heteroatoms. The zero-order valence-electron chi connectivity index (χ0n) is 4.96. The Bertz CT molecular complexity index is 118. The Morgan fingerprint density at radius 2 is 2.67 bits per heavy atom. The van der Waals surface area contributed by atoms with Crippen molar-refractivity contribution in [2.24, 2.45) is 0 Å². The minimum Gasteiger partial charge on any atom is -0.394 e. The van der Waals surface area contributed by atoms with E-state index < -0.39 is 0 Å². The number of carbonyl (C=O) groups excluding carboxylic acids is 1. The molecular formula is C5H9NO2S. The van der Waals surface area contributed by atoms with E-state index in [0.717, 1.165) is 5.75 Å². The number of aliphatic hydroxyl groups excluding tert-OH is 1. The van der Waals surface area contributed by atoms with E-state index in [4.69, 9.17) is 5.11 Å². The van der Waals surface area contributed by atoms with Gasteiger partial charge in [0.05, 0.1) is 18.4 Å². The molecule has 0 bridgehead atoms. The molecule has 1 fully saturated rings. The topological polar surface area (TPSA) is 49.3 Å². The molecule has 1 atom stereocenters. The Balaban J connectivity index is 2.32. The van der Waals surface area contributed by atoms with Crippen LogP contribution in [0.25, 0.3) is 0 Å². The molecule has 0 saturated carbocycles. The average Bonchev–Trinajstić information content (AvgIpc) is 1.88. The van der Waals surface area contributed by atoms with Crippen LogP contribution in [0.4, 0.5) is 0 Å². The quantitative estimate of drug-likeness (QED) is 0.511. The number of rotatable bonds is 1. The Labute approximate surface area is 57.8 Å². The number of nitrogens with one attached hydrogen (secondary N) is 1. The second-order valence-corrected chi connectivity index (χ2v) is 2.99. The minimum atomic E-state index is -0.0174. The van der Waals surface area contributed by atoms with E-state index in [2.05, 4.69) is 5.32 Å². The summed E-state index contributed by atoms with van der Waals surface area (Å²) in [5.74, 6) is 1.41. The highest BCUT2D eigenvalue weighted by Gasteiger charge is 2.16. The fourth-order valence-corrected chi connectivity index (χ4v) is 1.56. The van der Waals surface area contributed by atoms with Crippen molar-refractivity contribution in [2.45, 2.75) is 6.04 Å². The maximum atomic E-state index is 10.6. The van der Waals surface area contributed by atoms with Gasteiger partial charge in [-0.15, -0.1) is 11.8 Å². The van der Waals surface area contributed by atoms with Crippen LogP contribution in [0, 0.1) is 0 Å². The number of hydrogen-bond donors (Lipinski definition) is 2. The van der Waals surface area contributed by atoms with Gasteiger partial charge in [0.2, 0.25) is 5.91 Å². The molecule has 0 aromatic heterocycles. The highest BCUT2D eigenvalue weighted by molar-refractivity contribution is 8.00. The van der Waals surface area contributed by atoms with E-state index in [0.29, 0.717) is 5.75 Å². The van der Waals surface area contributed by atoms with Gasteiger partial charge < -0.3 is 10.4 Å². The molecule has 1 saturated heterocycles. The molecule has 0 radical (unpaired) electrons. The molecule has 0 spiro atoms. The first-order valence-corrected chi connectivity index (χ1v) is 3.96. The highest BCUT2D eigenvalue weighted by atomic mass is 32.2. The van der Waals surface area contributed by atoms with Crippen molar-refractivity contribution < 1.29 is 9.90 Å². The first-order chi connectivity index (χ1) is 4.33. The van der Waals surface area contributed by atoms with Crippen molar-refractivity contribution in [1.82, 2.24) is 5.32 Å². The van der Waals surface area contributed by atoms with Gasteiger partial charge in [-0.2, -0.15) is 0 Å². The van der Waals surface area contributed by atoms with Crippen molar-refractivity contribution in [1.29, 1.82) is 0 Å². The molecule has 0 aromatic rings. The second kappa shape index (κ2) is 3.08. The molecule has 3 nitrogen and oxygen atoms in total. The lowest BCUT2D eigenvalue weighted by atomic mass is 10.3. The van der Waals surface area contributed by atoms with Crippen molar-refractivity contribution in [3.05, 3.63) is 0 Å². The predicted octanol–water partition coefficient (Wildman–Crippen LogP) is -0.790. The van der Waals surface area contributed by atoms with Crippen LogP contribution in [0.3, 0.4) is 0 Å². The summed E-state index contributed by atoms with van der Waals surface area (Å²) in [5, 5.41) is 11.2. The van der Waals surface area contributed by atoms with Gasteiger partial charge in [0, 0.05) is 5.75 Å². The number of carbonyl (C=O) groups is 1. The lowest BCUT2D eigenvalue weighted by Gasteiger charge is -2.20. The van der Waals surface area contributed by atoms with Crippen LogP contribution in [0.15, 0.2) is 0 Å². The van der Waals surface area contributed by atoms with Gasteiger partial charge in [0.15, 0.2) is 0 Å². The number of amides is 1. The van der Waals surface area contributed by atoms with E-state index in [1.165, 1.54) is 0 Å². The minimum absolute atomic E-state index is 0.0174. The summed E-state index contributed by atoms with van der Waals surface area (Å²) in [7, 11) is 0. The molecule has 1 aliphatic heterocycles. The van der Waals surface area contributed by atoms with E-state index in [1.54, 1.807) is 11.8 Å². The SMILES string of the molecule is O=C1CSCC(CO)N1. The molecule has 1 rings (SSSR count). The zero-order valence-corrected chi connectivity index (χ0v) is 5.78. The molecule has 1 heterocycles. The van der Waals surface area contributed by atoms with Gasteiger partial charge in [-0.25, -0.2) is 0 Å². The van der Waals surface area contributed by atoms with Crippen molar-refractivity contribution in [2.75, 3.05) is 18.1 Å². The lowest BCUT2D eigenvalue weighted by molar-refractivity contribution is -0.119.